The fourth-order valence-corrected chi connectivity index (χ4v) is 3.34. The Kier molecular flexibility index (Phi) is 3.27. The van der Waals surface area contributed by atoms with Crippen molar-refractivity contribution in [2.45, 2.75) is 31.8 Å². The second-order valence-corrected chi connectivity index (χ2v) is 6.26. The van der Waals surface area contributed by atoms with Gasteiger partial charge in [0.2, 0.25) is 11.8 Å². The van der Waals surface area contributed by atoms with Crippen LogP contribution in [-0.2, 0) is 16.6 Å². The van der Waals surface area contributed by atoms with E-state index in [2.05, 4.69) is 5.10 Å². The van der Waals surface area contributed by atoms with Crippen LogP contribution >= 0.6 is 0 Å². The Bertz CT molecular complexity index is 550. The fourth-order valence-electron chi connectivity index (χ4n) is 3.34. The zero-order valence-corrected chi connectivity index (χ0v) is 12.2. The maximum absolute atomic E-state index is 13.1. The Hall–Kier alpha value is -1.50. The molecule has 1 saturated carbocycles. The highest BCUT2D eigenvalue weighted by atomic mass is 19.3. The summed E-state index contributed by atoms with van der Waals surface area (Å²) in [6, 6.07) is 1.85. The minimum atomic E-state index is -2.70. The van der Waals surface area contributed by atoms with Crippen LogP contribution in [0.25, 0.3) is 0 Å². The summed E-state index contributed by atoms with van der Waals surface area (Å²) in [5, 5.41) is 4.09. The lowest BCUT2D eigenvalue weighted by atomic mass is 9.66. The molecule has 0 radical (unpaired) electrons. The predicted octanol–water partition coefficient (Wildman–Crippen LogP) is 1.76. The van der Waals surface area contributed by atoms with Crippen molar-refractivity contribution in [3.05, 3.63) is 18.0 Å². The molecule has 1 aromatic rings. The van der Waals surface area contributed by atoms with Gasteiger partial charge in [-0.15, -0.1) is 0 Å². The van der Waals surface area contributed by atoms with Crippen molar-refractivity contribution >= 4 is 5.91 Å². The zero-order valence-electron chi connectivity index (χ0n) is 12.2. The molecule has 1 aromatic heterocycles. The summed E-state index contributed by atoms with van der Waals surface area (Å²) >= 11 is 0. The maximum atomic E-state index is 13.1. The molecule has 7 heteroatoms. The summed E-state index contributed by atoms with van der Waals surface area (Å²) in [4.78, 5) is 14.2. The fraction of sp³-hybridized carbons (Fsp3) is 0.714. The van der Waals surface area contributed by atoms with E-state index in [1.165, 1.54) is 0 Å². The van der Waals surface area contributed by atoms with Gasteiger partial charge in [0.05, 0.1) is 24.3 Å². The summed E-state index contributed by atoms with van der Waals surface area (Å²) < 4.78 is 33.6. The second-order valence-electron chi connectivity index (χ2n) is 6.26. The molecule has 1 amide bonds. The second kappa shape index (κ2) is 4.76. The van der Waals surface area contributed by atoms with Gasteiger partial charge >= 0.3 is 0 Å². The normalized spacial score (nSPS) is 27.2. The standard InChI is InChI=1S/C14H19F2N3O2/c1-13(8-14(15,16)9-13)12(20)19-5-6-21-11(7-19)10-3-4-17-18(10)2/h3-4,11H,5-9H2,1-2H3. The maximum Gasteiger partial charge on any atom is 0.250 e. The summed E-state index contributed by atoms with van der Waals surface area (Å²) in [6.07, 6.45) is 0.714. The summed E-state index contributed by atoms with van der Waals surface area (Å²) in [5.74, 6) is -2.89. The molecule has 1 aliphatic carbocycles. The van der Waals surface area contributed by atoms with Crippen molar-refractivity contribution < 1.29 is 18.3 Å². The summed E-state index contributed by atoms with van der Waals surface area (Å²) in [5.41, 5.74) is -0.0470. The van der Waals surface area contributed by atoms with Gasteiger partial charge in [-0.05, 0) is 6.07 Å². The highest BCUT2D eigenvalue weighted by Crippen LogP contribution is 2.52. The first-order chi connectivity index (χ1) is 9.81. The van der Waals surface area contributed by atoms with Crippen molar-refractivity contribution in [2.24, 2.45) is 12.5 Å². The lowest BCUT2D eigenvalue weighted by molar-refractivity contribution is -0.188. The molecule has 116 valence electrons. The van der Waals surface area contributed by atoms with Gasteiger partial charge in [0, 0.05) is 32.6 Å². The lowest BCUT2D eigenvalue weighted by Gasteiger charge is -2.47. The number of aryl methyl sites for hydroxylation is 1. The van der Waals surface area contributed by atoms with E-state index in [1.54, 1.807) is 22.7 Å². The number of carbonyl (C=O) groups excluding carboxylic acids is 1. The van der Waals surface area contributed by atoms with E-state index in [0.29, 0.717) is 19.7 Å². The first-order valence-electron chi connectivity index (χ1n) is 7.07. The van der Waals surface area contributed by atoms with Gasteiger partial charge in [0.1, 0.15) is 6.10 Å². The number of rotatable bonds is 2. The SMILES string of the molecule is Cn1nccc1C1CN(C(=O)C2(C)CC(F)(F)C2)CCO1. The Balaban J connectivity index is 1.69. The molecule has 2 heterocycles. The first kappa shape index (κ1) is 14.4. The van der Waals surface area contributed by atoms with Gasteiger partial charge in [0.25, 0.3) is 0 Å². The van der Waals surface area contributed by atoms with Gasteiger partial charge in [-0.3, -0.25) is 9.48 Å². The first-order valence-corrected chi connectivity index (χ1v) is 7.07. The number of morpholine rings is 1. The molecule has 2 aliphatic rings. The number of aromatic nitrogens is 2. The van der Waals surface area contributed by atoms with Crippen molar-refractivity contribution in [3.63, 3.8) is 0 Å². The third-order valence-electron chi connectivity index (χ3n) is 4.36. The van der Waals surface area contributed by atoms with E-state index in [4.69, 9.17) is 4.74 Å². The molecule has 2 fully saturated rings. The topological polar surface area (TPSA) is 47.4 Å². The molecule has 0 N–H and O–H groups in total. The van der Waals surface area contributed by atoms with Crippen LogP contribution in [0.3, 0.4) is 0 Å². The van der Waals surface area contributed by atoms with Gasteiger partial charge in [-0.1, -0.05) is 6.92 Å². The third-order valence-corrected chi connectivity index (χ3v) is 4.36. The summed E-state index contributed by atoms with van der Waals surface area (Å²) in [7, 11) is 1.81. The Morgan fingerprint density at radius 1 is 1.48 bits per heavy atom. The van der Waals surface area contributed by atoms with E-state index in [1.807, 2.05) is 13.1 Å². The van der Waals surface area contributed by atoms with Crippen molar-refractivity contribution in [1.29, 1.82) is 0 Å². The Morgan fingerprint density at radius 2 is 2.19 bits per heavy atom. The van der Waals surface area contributed by atoms with E-state index >= 15 is 0 Å². The van der Waals surface area contributed by atoms with Crippen molar-refractivity contribution in [3.8, 4) is 0 Å². The number of alkyl halides is 2. The predicted molar refractivity (Wildman–Crippen MR) is 70.8 cm³/mol. The highest BCUT2D eigenvalue weighted by Gasteiger charge is 2.59. The molecular formula is C14H19F2N3O2. The highest BCUT2D eigenvalue weighted by molar-refractivity contribution is 5.83. The molecule has 1 unspecified atom stereocenters. The minimum absolute atomic E-state index is 0.191. The number of amides is 1. The average molecular weight is 299 g/mol. The molecule has 0 aromatic carbocycles. The number of ether oxygens (including phenoxy) is 1. The number of hydrogen-bond acceptors (Lipinski definition) is 3. The minimum Gasteiger partial charge on any atom is -0.368 e. The number of nitrogens with zero attached hydrogens (tertiary/aromatic N) is 3. The smallest absolute Gasteiger partial charge is 0.250 e. The van der Waals surface area contributed by atoms with Crippen molar-refractivity contribution in [2.75, 3.05) is 19.7 Å². The van der Waals surface area contributed by atoms with Crippen molar-refractivity contribution in [1.82, 2.24) is 14.7 Å². The number of carbonyl (C=O) groups is 1. The van der Waals surface area contributed by atoms with Gasteiger partial charge in [-0.25, -0.2) is 8.78 Å². The van der Waals surface area contributed by atoms with Crippen LogP contribution in [0.5, 0.6) is 0 Å². The van der Waals surface area contributed by atoms with Crippen LogP contribution in [-0.4, -0.2) is 46.2 Å². The van der Waals surface area contributed by atoms with Crippen LogP contribution in [0.15, 0.2) is 12.3 Å². The largest absolute Gasteiger partial charge is 0.368 e. The van der Waals surface area contributed by atoms with Crippen LogP contribution in [0.1, 0.15) is 31.6 Å². The van der Waals surface area contributed by atoms with Crippen LogP contribution < -0.4 is 0 Å². The Labute approximate surface area is 121 Å². The van der Waals surface area contributed by atoms with Crippen LogP contribution in [0, 0.1) is 5.41 Å². The Morgan fingerprint density at radius 3 is 2.76 bits per heavy atom. The molecular weight excluding hydrogens is 280 g/mol. The molecule has 1 aliphatic heterocycles. The van der Waals surface area contributed by atoms with Crippen LogP contribution in [0.4, 0.5) is 8.78 Å². The van der Waals surface area contributed by atoms with E-state index in [9.17, 15) is 13.6 Å². The van der Waals surface area contributed by atoms with Gasteiger partial charge in [-0.2, -0.15) is 5.10 Å². The van der Waals surface area contributed by atoms with E-state index in [-0.39, 0.29) is 24.9 Å². The van der Waals surface area contributed by atoms with E-state index in [0.717, 1.165) is 5.69 Å². The average Bonchev–Trinajstić information content (AvgIpc) is 2.82. The monoisotopic (exact) mass is 299 g/mol. The number of hydrogen-bond donors (Lipinski definition) is 0. The quantitative estimate of drug-likeness (QED) is 0.836. The third kappa shape index (κ3) is 2.54. The molecule has 5 nitrogen and oxygen atoms in total. The van der Waals surface area contributed by atoms with Crippen LogP contribution in [0.2, 0.25) is 0 Å². The summed E-state index contributed by atoms with van der Waals surface area (Å²) in [6.45, 7) is 2.88. The molecule has 0 spiro atoms. The molecule has 1 saturated heterocycles. The van der Waals surface area contributed by atoms with E-state index < -0.39 is 11.3 Å². The molecule has 1 atom stereocenters. The molecule has 3 rings (SSSR count). The molecule has 21 heavy (non-hydrogen) atoms. The zero-order chi connectivity index (χ0) is 15.3. The van der Waals surface area contributed by atoms with Gasteiger partial charge in [0.15, 0.2) is 0 Å². The number of halogens is 2. The van der Waals surface area contributed by atoms with Gasteiger partial charge < -0.3 is 9.64 Å². The lowest BCUT2D eigenvalue weighted by Crippen LogP contribution is -2.56. The molecule has 0 bridgehead atoms.